The second kappa shape index (κ2) is 9.40. The van der Waals surface area contributed by atoms with Gasteiger partial charge in [0.15, 0.2) is 0 Å². The van der Waals surface area contributed by atoms with E-state index >= 15 is 0 Å². The molecule has 7 nitrogen and oxygen atoms in total. The number of aryl methyl sites for hydroxylation is 1. The number of nitrogens with zero attached hydrogens (tertiary/aromatic N) is 1. The van der Waals surface area contributed by atoms with E-state index in [0.717, 1.165) is 17.1 Å². The monoisotopic (exact) mass is 470 g/mol. The molecule has 0 bridgehead atoms. The van der Waals surface area contributed by atoms with E-state index in [0.29, 0.717) is 22.4 Å². The Morgan fingerprint density at radius 1 is 1.25 bits per heavy atom. The normalized spacial score (nSPS) is 11.2. The first-order valence-electron chi connectivity index (χ1n) is 8.68. The van der Waals surface area contributed by atoms with Crippen LogP contribution in [-0.4, -0.2) is 33.2 Å². The predicted molar refractivity (Wildman–Crippen MR) is 111 cm³/mol. The molecule has 2 aromatic carbocycles. The van der Waals surface area contributed by atoms with Crippen molar-refractivity contribution in [3.63, 3.8) is 0 Å². The van der Waals surface area contributed by atoms with Gasteiger partial charge in [-0.15, -0.1) is 0 Å². The quantitative estimate of drug-likeness (QED) is 0.346. The molecule has 0 unspecified atom stereocenters. The number of carbonyl (C=O) groups excluding carboxylic acids is 1. The molecule has 28 heavy (non-hydrogen) atoms. The molecule has 2 aromatic rings. The molecule has 9 heteroatoms. The van der Waals surface area contributed by atoms with Crippen LogP contribution in [-0.2, 0) is 10.0 Å². The Bertz CT molecular complexity index is 946. The molecule has 0 atom stereocenters. The van der Waals surface area contributed by atoms with Crippen LogP contribution >= 0.6 is 15.9 Å². The smallest absolute Gasteiger partial charge is 0.276 e. The zero-order valence-electron chi connectivity index (χ0n) is 15.9. The highest BCUT2D eigenvalue weighted by Crippen LogP contribution is 2.32. The van der Waals surface area contributed by atoms with E-state index < -0.39 is 15.9 Å². The second-order valence-electron chi connectivity index (χ2n) is 6.21. The average molecular weight is 471 g/mol. The molecule has 0 aliphatic heterocycles. The first-order chi connectivity index (χ1) is 13.2. The molecule has 0 saturated carbocycles. The van der Waals surface area contributed by atoms with Gasteiger partial charge in [-0.1, -0.05) is 29.3 Å². The van der Waals surface area contributed by atoms with Crippen LogP contribution in [0.5, 0.6) is 5.75 Å². The molecule has 0 fully saturated rings. The fourth-order valence-corrected chi connectivity index (χ4v) is 4.56. The Balaban J connectivity index is 2.40. The highest BCUT2D eigenvalue weighted by atomic mass is 79.9. The fourth-order valence-electron chi connectivity index (χ4n) is 2.71. The number of sulfonamides is 1. The highest BCUT2D eigenvalue weighted by Gasteiger charge is 2.27. The summed E-state index contributed by atoms with van der Waals surface area (Å²) in [5.74, 6) is -0.212. The summed E-state index contributed by atoms with van der Waals surface area (Å²) < 4.78 is 33.4. The molecule has 0 aliphatic rings. The molecule has 0 aliphatic carbocycles. The predicted octanol–water partition coefficient (Wildman–Crippen LogP) is 3.88. The number of rotatable bonds is 8. The maximum atomic E-state index is 13.1. The third-order valence-electron chi connectivity index (χ3n) is 4.18. The Hall–Kier alpha value is -2.10. The lowest BCUT2D eigenvalue weighted by Gasteiger charge is -2.24. The van der Waals surface area contributed by atoms with Gasteiger partial charge in [-0.2, -0.15) is 0 Å². The first kappa shape index (κ1) is 22.2. The van der Waals surface area contributed by atoms with Crippen molar-refractivity contribution in [1.29, 1.82) is 0 Å². The summed E-state index contributed by atoms with van der Waals surface area (Å²) in [4.78, 5) is 12.1. The van der Waals surface area contributed by atoms with Gasteiger partial charge in [0.05, 0.1) is 22.8 Å². The number of unbranched alkanes of at least 4 members (excludes halogenated alkanes) is 1. The number of ether oxygens (including phenoxy) is 1. The number of hydrogen-bond acceptors (Lipinski definition) is 5. The summed E-state index contributed by atoms with van der Waals surface area (Å²) in [6.07, 6.45) is 1.93. The summed E-state index contributed by atoms with van der Waals surface area (Å²) in [6, 6.07) is 9.28. The fraction of sp³-hybridized carbons (Fsp3) is 0.316. The Labute approximate surface area is 173 Å². The first-order valence-corrected chi connectivity index (χ1v) is 10.9. The lowest BCUT2D eigenvalue weighted by atomic mass is 10.1. The molecular weight excluding hydrogens is 448 g/mol. The number of hydrogen-bond donors (Lipinski definition) is 2. The van der Waals surface area contributed by atoms with Gasteiger partial charge in [0.25, 0.3) is 15.9 Å². The third kappa shape index (κ3) is 4.84. The molecule has 1 amide bonds. The molecule has 0 heterocycles. The average Bonchev–Trinajstić information content (AvgIpc) is 2.67. The molecule has 0 radical (unpaired) electrons. The van der Waals surface area contributed by atoms with E-state index in [2.05, 4.69) is 22.9 Å². The van der Waals surface area contributed by atoms with Gasteiger partial charge in [-0.25, -0.2) is 13.9 Å². The van der Waals surface area contributed by atoms with E-state index in [-0.39, 0.29) is 16.1 Å². The van der Waals surface area contributed by atoms with Gasteiger partial charge >= 0.3 is 0 Å². The maximum absolute atomic E-state index is 13.1. The van der Waals surface area contributed by atoms with E-state index in [4.69, 9.17) is 9.94 Å². The van der Waals surface area contributed by atoms with Crippen LogP contribution in [0.1, 0.15) is 35.7 Å². The van der Waals surface area contributed by atoms with E-state index in [9.17, 15) is 13.2 Å². The molecule has 152 valence electrons. The summed E-state index contributed by atoms with van der Waals surface area (Å²) in [6.45, 7) is 4.31. The van der Waals surface area contributed by atoms with Crippen molar-refractivity contribution >= 4 is 37.5 Å². The number of halogens is 1. The molecule has 2 N–H and O–H groups in total. The topological polar surface area (TPSA) is 95.9 Å². The van der Waals surface area contributed by atoms with Crippen LogP contribution in [0.25, 0.3) is 0 Å². The summed E-state index contributed by atoms with van der Waals surface area (Å²) in [7, 11) is -2.57. The van der Waals surface area contributed by atoms with Crippen molar-refractivity contribution in [1.82, 2.24) is 5.48 Å². The number of anilines is 1. The largest absolute Gasteiger partial charge is 0.494 e. The van der Waals surface area contributed by atoms with Gasteiger partial charge in [-0.05, 0) is 55.3 Å². The second-order valence-corrected chi connectivity index (χ2v) is 9.09. The van der Waals surface area contributed by atoms with Crippen molar-refractivity contribution in [2.24, 2.45) is 0 Å². The number of hydroxylamine groups is 1. The number of amides is 1. The summed E-state index contributed by atoms with van der Waals surface area (Å²) in [5.41, 5.74) is 2.32. The van der Waals surface area contributed by atoms with Gasteiger partial charge in [0.2, 0.25) is 0 Å². The molecule has 0 spiro atoms. The van der Waals surface area contributed by atoms with Crippen molar-refractivity contribution in [3.05, 3.63) is 52.0 Å². The molecule has 0 saturated heterocycles. The van der Waals surface area contributed by atoms with Crippen LogP contribution in [0.2, 0.25) is 0 Å². The van der Waals surface area contributed by atoms with E-state index in [1.54, 1.807) is 30.6 Å². The zero-order valence-corrected chi connectivity index (χ0v) is 18.3. The minimum Gasteiger partial charge on any atom is -0.494 e. The Morgan fingerprint density at radius 2 is 1.89 bits per heavy atom. The Morgan fingerprint density at radius 3 is 2.46 bits per heavy atom. The van der Waals surface area contributed by atoms with Crippen LogP contribution in [0, 0.1) is 6.92 Å². The molecule has 0 aromatic heterocycles. The van der Waals surface area contributed by atoms with Crippen molar-refractivity contribution in [3.8, 4) is 5.75 Å². The van der Waals surface area contributed by atoms with Crippen LogP contribution in [0.3, 0.4) is 0 Å². The summed E-state index contributed by atoms with van der Waals surface area (Å²) >= 11 is 3.28. The van der Waals surface area contributed by atoms with Crippen LogP contribution < -0.4 is 14.5 Å². The van der Waals surface area contributed by atoms with Gasteiger partial charge < -0.3 is 4.74 Å². The van der Waals surface area contributed by atoms with Gasteiger partial charge in [0, 0.05) is 11.5 Å². The van der Waals surface area contributed by atoms with E-state index in [1.165, 1.54) is 25.2 Å². The van der Waals surface area contributed by atoms with E-state index in [1.807, 2.05) is 0 Å². The van der Waals surface area contributed by atoms with Gasteiger partial charge in [0.1, 0.15) is 5.75 Å². The van der Waals surface area contributed by atoms with Crippen molar-refractivity contribution in [2.45, 2.75) is 31.6 Å². The standard InChI is InChI=1S/C19H23BrN2O5S/c1-4-5-10-27-15-6-8-16(9-7-15)28(25,26)22(3)18-13(2)11-14(20)12-17(18)19(23)21-24/h6-9,11-12,24H,4-5,10H2,1-3H3,(H,21,23). The summed E-state index contributed by atoms with van der Waals surface area (Å²) in [5, 5.41) is 9.02. The number of benzene rings is 2. The van der Waals surface area contributed by atoms with Crippen molar-refractivity contribution < 1.29 is 23.2 Å². The molecular formula is C19H23BrN2O5S. The molecule has 2 rings (SSSR count). The minimum atomic E-state index is -3.93. The lowest BCUT2D eigenvalue weighted by Crippen LogP contribution is -2.30. The SMILES string of the molecule is CCCCOc1ccc(S(=O)(=O)N(C)c2c(C)cc(Br)cc2C(=O)NO)cc1. The Kier molecular flexibility index (Phi) is 7.45. The highest BCUT2D eigenvalue weighted by molar-refractivity contribution is 9.10. The van der Waals surface area contributed by atoms with Gasteiger partial charge in [-0.3, -0.25) is 14.3 Å². The number of carbonyl (C=O) groups is 1. The third-order valence-corrected chi connectivity index (χ3v) is 6.40. The minimum absolute atomic E-state index is 0.0277. The zero-order chi connectivity index (χ0) is 20.9. The maximum Gasteiger partial charge on any atom is 0.276 e. The van der Waals surface area contributed by atoms with Crippen LogP contribution in [0.4, 0.5) is 5.69 Å². The lowest BCUT2D eigenvalue weighted by molar-refractivity contribution is 0.0707. The number of nitrogens with one attached hydrogen (secondary N) is 1. The van der Waals surface area contributed by atoms with Crippen LogP contribution in [0.15, 0.2) is 45.8 Å². The van der Waals surface area contributed by atoms with Crippen molar-refractivity contribution in [2.75, 3.05) is 18.0 Å².